The van der Waals surface area contributed by atoms with Crippen LogP contribution in [-0.4, -0.2) is 18.0 Å². The molecule has 104 valence electrons. The highest BCUT2D eigenvalue weighted by molar-refractivity contribution is 9.10. The molecule has 0 fully saturated rings. The number of rotatable bonds is 5. The predicted octanol–water partition coefficient (Wildman–Crippen LogP) is 3.29. The second-order valence-corrected chi connectivity index (χ2v) is 5.49. The first-order valence-electron chi connectivity index (χ1n) is 5.88. The van der Waals surface area contributed by atoms with E-state index >= 15 is 0 Å². The summed E-state index contributed by atoms with van der Waals surface area (Å²) in [6.07, 6.45) is -0.123. The third-order valence-corrected chi connectivity index (χ3v) is 3.56. The Kier molecular flexibility index (Phi) is 6.01. The summed E-state index contributed by atoms with van der Waals surface area (Å²) < 4.78 is 5.81. The molecule has 0 unspecified atom stereocenters. The third kappa shape index (κ3) is 3.50. The third-order valence-electron chi connectivity index (χ3n) is 2.78. The Labute approximate surface area is 131 Å². The van der Waals surface area contributed by atoms with Crippen molar-refractivity contribution in [1.82, 2.24) is 0 Å². The van der Waals surface area contributed by atoms with Crippen LogP contribution in [0.15, 0.2) is 28.7 Å². The molecule has 20 heavy (non-hydrogen) atoms. The Hall–Kier alpha value is -1.56. The number of hydrogen-bond donors (Lipinski definition) is 0. The van der Waals surface area contributed by atoms with E-state index < -0.39 is 16.8 Å². The Balaban J connectivity index is 3.31. The highest BCUT2D eigenvalue weighted by Gasteiger charge is 2.44. The molecule has 0 N–H and O–H groups in total. The Morgan fingerprint density at radius 2 is 2.05 bits per heavy atom. The normalized spacial score (nSPS) is 14.4. The molecule has 0 radical (unpaired) electrons. The van der Waals surface area contributed by atoms with Crippen molar-refractivity contribution in [3.05, 3.63) is 34.3 Å². The van der Waals surface area contributed by atoms with Gasteiger partial charge in [-0.15, -0.1) is 11.6 Å². The fraction of sp³-hybridized carbons (Fsp3) is 0.357. The first-order valence-corrected chi connectivity index (χ1v) is 7.11. The van der Waals surface area contributed by atoms with Crippen LogP contribution in [0.4, 0.5) is 0 Å². The molecule has 0 aliphatic carbocycles. The molecule has 1 rings (SSSR count). The van der Waals surface area contributed by atoms with Crippen LogP contribution >= 0.6 is 27.5 Å². The first-order chi connectivity index (χ1) is 9.50. The van der Waals surface area contributed by atoms with Gasteiger partial charge in [0.15, 0.2) is 5.41 Å². The summed E-state index contributed by atoms with van der Waals surface area (Å²) >= 11 is 9.11. The van der Waals surface area contributed by atoms with E-state index in [1.54, 1.807) is 31.2 Å². The zero-order valence-corrected chi connectivity index (χ0v) is 13.1. The second-order valence-electron chi connectivity index (χ2n) is 4.05. The molecule has 0 aliphatic heterocycles. The van der Waals surface area contributed by atoms with Gasteiger partial charge in [-0.3, -0.25) is 0 Å². The van der Waals surface area contributed by atoms with E-state index in [-0.39, 0.29) is 13.0 Å². The molecule has 0 saturated heterocycles. The molecule has 0 aromatic heterocycles. The Morgan fingerprint density at radius 3 is 2.50 bits per heavy atom. The topological polar surface area (TPSA) is 73.9 Å². The minimum atomic E-state index is -1.57. The standard InChI is InChI=1S/C14H12BrClN2O2/c1-2-20-13(19)14(9-18,7-12(16)8-17)10-3-5-11(15)6-4-10/h3-6,12H,2,7H2,1H3/t12-,14-/m0/s1. The molecule has 0 amide bonds. The number of nitriles is 2. The lowest BCUT2D eigenvalue weighted by Crippen LogP contribution is -2.38. The fourth-order valence-electron chi connectivity index (χ4n) is 1.78. The van der Waals surface area contributed by atoms with Crippen LogP contribution in [0.2, 0.25) is 0 Å². The SMILES string of the molecule is CCOC(=O)[C@](C#N)(C[C@H](Cl)C#N)c1ccc(Br)cc1. The van der Waals surface area contributed by atoms with Crippen LogP contribution in [0.25, 0.3) is 0 Å². The van der Waals surface area contributed by atoms with Crippen LogP contribution < -0.4 is 0 Å². The molecular formula is C14H12BrClN2O2. The highest BCUT2D eigenvalue weighted by Crippen LogP contribution is 2.33. The number of esters is 1. The minimum Gasteiger partial charge on any atom is -0.465 e. The molecule has 1 aromatic carbocycles. The molecule has 0 saturated carbocycles. The van der Waals surface area contributed by atoms with Gasteiger partial charge in [0.1, 0.15) is 5.38 Å². The molecule has 6 heteroatoms. The number of hydrogen-bond acceptors (Lipinski definition) is 4. The van der Waals surface area contributed by atoms with Crippen molar-refractivity contribution in [2.24, 2.45) is 0 Å². The lowest BCUT2D eigenvalue weighted by Gasteiger charge is -2.25. The largest absolute Gasteiger partial charge is 0.465 e. The summed E-state index contributed by atoms with van der Waals surface area (Å²) in [7, 11) is 0. The van der Waals surface area contributed by atoms with E-state index in [4.69, 9.17) is 21.6 Å². The molecule has 1 aromatic rings. The summed E-state index contributed by atoms with van der Waals surface area (Å²) in [5.74, 6) is -0.689. The summed E-state index contributed by atoms with van der Waals surface area (Å²) in [5, 5.41) is 17.4. The highest BCUT2D eigenvalue weighted by atomic mass is 79.9. The van der Waals surface area contributed by atoms with Crippen molar-refractivity contribution in [2.75, 3.05) is 6.61 Å². The van der Waals surface area contributed by atoms with Crippen LogP contribution in [0, 0.1) is 22.7 Å². The lowest BCUT2D eigenvalue weighted by atomic mass is 9.78. The number of ether oxygens (including phenoxy) is 1. The second kappa shape index (κ2) is 7.28. The van der Waals surface area contributed by atoms with Crippen LogP contribution in [0.1, 0.15) is 18.9 Å². The smallest absolute Gasteiger partial charge is 0.331 e. The maximum Gasteiger partial charge on any atom is 0.331 e. The summed E-state index contributed by atoms with van der Waals surface area (Å²) in [4.78, 5) is 12.2. The van der Waals surface area contributed by atoms with Gasteiger partial charge in [0, 0.05) is 10.9 Å². The monoisotopic (exact) mass is 354 g/mol. The van der Waals surface area contributed by atoms with Crippen molar-refractivity contribution < 1.29 is 9.53 Å². The molecule has 0 aliphatic rings. The maximum absolute atomic E-state index is 12.2. The van der Waals surface area contributed by atoms with Crippen LogP contribution in [0.5, 0.6) is 0 Å². The zero-order valence-electron chi connectivity index (χ0n) is 10.8. The van der Waals surface area contributed by atoms with Gasteiger partial charge in [-0.1, -0.05) is 28.1 Å². The van der Waals surface area contributed by atoms with E-state index in [9.17, 15) is 10.1 Å². The van der Waals surface area contributed by atoms with Crippen molar-refractivity contribution in [3.63, 3.8) is 0 Å². The maximum atomic E-state index is 12.2. The number of halogens is 2. The molecule has 0 bridgehead atoms. The minimum absolute atomic E-state index is 0.123. The number of carbonyl (C=O) groups excluding carboxylic acids is 1. The number of nitrogens with zero attached hydrogens (tertiary/aromatic N) is 2. The van der Waals surface area contributed by atoms with Crippen molar-refractivity contribution >= 4 is 33.5 Å². The van der Waals surface area contributed by atoms with Gasteiger partial charge in [0.05, 0.1) is 18.7 Å². The van der Waals surface area contributed by atoms with E-state index in [2.05, 4.69) is 15.9 Å². The quantitative estimate of drug-likeness (QED) is 0.600. The molecule has 0 spiro atoms. The molecule has 4 nitrogen and oxygen atoms in total. The molecule has 0 heterocycles. The van der Waals surface area contributed by atoms with E-state index in [0.717, 1.165) is 4.47 Å². The average Bonchev–Trinajstić information content (AvgIpc) is 2.45. The van der Waals surface area contributed by atoms with Gasteiger partial charge in [-0.25, -0.2) is 4.79 Å². The van der Waals surface area contributed by atoms with Crippen molar-refractivity contribution in [3.8, 4) is 12.1 Å². The van der Waals surface area contributed by atoms with Gasteiger partial charge >= 0.3 is 5.97 Å². The van der Waals surface area contributed by atoms with Gasteiger partial charge in [-0.05, 0) is 24.6 Å². The van der Waals surface area contributed by atoms with Crippen LogP contribution in [-0.2, 0) is 14.9 Å². The van der Waals surface area contributed by atoms with Gasteiger partial charge in [0.2, 0.25) is 0 Å². The van der Waals surface area contributed by atoms with Crippen LogP contribution in [0.3, 0.4) is 0 Å². The fourth-order valence-corrected chi connectivity index (χ4v) is 2.27. The number of carbonyl (C=O) groups is 1. The number of alkyl halides is 1. The van der Waals surface area contributed by atoms with Crippen molar-refractivity contribution in [2.45, 2.75) is 24.1 Å². The summed E-state index contributed by atoms with van der Waals surface area (Å²) in [6, 6.07) is 10.5. The van der Waals surface area contributed by atoms with Gasteiger partial charge in [-0.2, -0.15) is 10.5 Å². The number of benzene rings is 1. The molecular weight excluding hydrogens is 344 g/mol. The van der Waals surface area contributed by atoms with Gasteiger partial charge in [0.25, 0.3) is 0 Å². The lowest BCUT2D eigenvalue weighted by molar-refractivity contribution is -0.148. The zero-order chi connectivity index (χ0) is 15.2. The van der Waals surface area contributed by atoms with E-state index in [1.165, 1.54) is 0 Å². The predicted molar refractivity (Wildman–Crippen MR) is 77.9 cm³/mol. The molecule has 2 atom stereocenters. The first kappa shape index (κ1) is 16.5. The average molecular weight is 356 g/mol. The van der Waals surface area contributed by atoms with Gasteiger partial charge < -0.3 is 4.74 Å². The Morgan fingerprint density at radius 1 is 1.45 bits per heavy atom. The Bertz CT molecular complexity index is 562. The van der Waals surface area contributed by atoms with E-state index in [1.807, 2.05) is 12.1 Å². The van der Waals surface area contributed by atoms with E-state index in [0.29, 0.717) is 5.56 Å². The van der Waals surface area contributed by atoms with Crippen molar-refractivity contribution in [1.29, 1.82) is 10.5 Å². The summed E-state index contributed by atoms with van der Waals surface area (Å²) in [5.41, 5.74) is -1.11. The summed E-state index contributed by atoms with van der Waals surface area (Å²) in [6.45, 7) is 1.81.